The molecular formula is C31H43N5O5. The second-order valence-corrected chi connectivity index (χ2v) is 12.4. The largest absolute Gasteiger partial charge is 0.372 e. The zero-order valence-corrected chi connectivity index (χ0v) is 24.5. The predicted octanol–water partition coefficient (Wildman–Crippen LogP) is 2.21. The van der Waals surface area contributed by atoms with Crippen LogP contribution < -0.4 is 10.2 Å². The van der Waals surface area contributed by atoms with Crippen molar-refractivity contribution in [1.29, 1.82) is 0 Å². The van der Waals surface area contributed by atoms with Crippen LogP contribution in [0.3, 0.4) is 0 Å². The first-order chi connectivity index (χ1) is 19.7. The van der Waals surface area contributed by atoms with Crippen molar-refractivity contribution in [1.82, 2.24) is 20.0 Å². The average Bonchev–Trinajstić information content (AvgIpc) is 3.71. The molecule has 222 valence electrons. The van der Waals surface area contributed by atoms with Crippen molar-refractivity contribution in [2.24, 2.45) is 5.92 Å². The van der Waals surface area contributed by atoms with Crippen LogP contribution in [0.5, 0.6) is 0 Å². The molecule has 10 nitrogen and oxygen atoms in total. The number of ketones is 1. The number of anilines is 1. The fraction of sp³-hybridized carbons (Fsp3) is 0.645. The van der Waals surface area contributed by atoms with E-state index in [1.165, 1.54) is 19.8 Å². The van der Waals surface area contributed by atoms with Gasteiger partial charge in [0, 0.05) is 44.4 Å². The van der Waals surface area contributed by atoms with Gasteiger partial charge in [-0.25, -0.2) is 0 Å². The Balaban J connectivity index is 1.28. The Morgan fingerprint density at radius 1 is 0.878 bits per heavy atom. The van der Waals surface area contributed by atoms with Crippen molar-refractivity contribution in [3.8, 4) is 0 Å². The third-order valence-corrected chi connectivity index (χ3v) is 9.09. The summed E-state index contributed by atoms with van der Waals surface area (Å²) in [5.41, 5.74) is 1.58. The fourth-order valence-electron chi connectivity index (χ4n) is 7.05. The monoisotopic (exact) mass is 565 g/mol. The molecule has 4 saturated heterocycles. The summed E-state index contributed by atoms with van der Waals surface area (Å²) in [6.45, 7) is 8.35. The Hall–Kier alpha value is -3.43. The van der Waals surface area contributed by atoms with E-state index in [-0.39, 0.29) is 41.9 Å². The smallest absolute Gasteiger partial charge is 0.251 e. The summed E-state index contributed by atoms with van der Waals surface area (Å²) in [6.07, 6.45) is 5.60. The van der Waals surface area contributed by atoms with Gasteiger partial charge in [-0.3, -0.25) is 24.0 Å². The highest BCUT2D eigenvalue weighted by molar-refractivity contribution is 6.01. The molecular weight excluding hydrogens is 522 g/mol. The standard InChI is InChI=1S/C31H43N5O5/c1-20(2)18-24(32-29(39)22-9-11-23(12-10-22)33-14-6-7-15-33)30(40)35-17-13-25-28(35)27(38)19-36(25)31(41)26-8-4-5-16-34(26)21(3)37/h9-12,20,24-26,28H,4-8,13-19H2,1-3H3,(H,32,39). The molecule has 0 bridgehead atoms. The topological polar surface area (TPSA) is 110 Å². The molecule has 41 heavy (non-hydrogen) atoms. The summed E-state index contributed by atoms with van der Waals surface area (Å²) in [5.74, 6) is -0.943. The number of carbonyl (C=O) groups excluding carboxylic acids is 5. The molecule has 4 amide bonds. The highest BCUT2D eigenvalue weighted by Crippen LogP contribution is 2.33. The van der Waals surface area contributed by atoms with Crippen LogP contribution in [0.15, 0.2) is 24.3 Å². The van der Waals surface area contributed by atoms with Gasteiger partial charge in [0.2, 0.25) is 17.7 Å². The van der Waals surface area contributed by atoms with Gasteiger partial charge >= 0.3 is 0 Å². The van der Waals surface area contributed by atoms with Crippen molar-refractivity contribution >= 4 is 35.1 Å². The molecule has 4 atom stereocenters. The number of hydrogen-bond donors (Lipinski definition) is 1. The maximum absolute atomic E-state index is 13.9. The molecule has 0 spiro atoms. The minimum absolute atomic E-state index is 0.0508. The Morgan fingerprint density at radius 3 is 2.22 bits per heavy atom. The van der Waals surface area contributed by atoms with Gasteiger partial charge in [0.15, 0.2) is 5.78 Å². The SMILES string of the molecule is CC(=O)N1CCCCC1C(=O)N1CC(=O)C2C1CCN2C(=O)C(CC(C)C)NC(=O)c1ccc(N2CCCC2)cc1. The highest BCUT2D eigenvalue weighted by Gasteiger charge is 2.53. The van der Waals surface area contributed by atoms with E-state index in [4.69, 9.17) is 0 Å². The molecule has 0 radical (unpaired) electrons. The lowest BCUT2D eigenvalue weighted by atomic mass is 10.00. The number of benzene rings is 1. The van der Waals surface area contributed by atoms with Gasteiger partial charge < -0.3 is 24.9 Å². The van der Waals surface area contributed by atoms with E-state index in [0.717, 1.165) is 31.6 Å². The van der Waals surface area contributed by atoms with Crippen LogP contribution >= 0.6 is 0 Å². The van der Waals surface area contributed by atoms with Crippen LogP contribution in [0, 0.1) is 5.92 Å². The van der Waals surface area contributed by atoms with Crippen LogP contribution in [0.2, 0.25) is 0 Å². The van der Waals surface area contributed by atoms with E-state index in [2.05, 4.69) is 10.2 Å². The molecule has 1 aromatic carbocycles. The first-order valence-electron chi connectivity index (χ1n) is 15.2. The van der Waals surface area contributed by atoms with E-state index in [1.807, 2.05) is 26.0 Å². The fourth-order valence-corrected chi connectivity index (χ4v) is 7.05. The molecule has 0 saturated carbocycles. The number of hydrogen-bond acceptors (Lipinski definition) is 6. The predicted molar refractivity (Wildman–Crippen MR) is 154 cm³/mol. The molecule has 1 aromatic rings. The number of Topliss-reactive ketones (excluding diaryl/α,β-unsaturated/α-hetero) is 1. The number of nitrogens with zero attached hydrogens (tertiary/aromatic N) is 4. The van der Waals surface area contributed by atoms with Gasteiger partial charge in [-0.15, -0.1) is 0 Å². The van der Waals surface area contributed by atoms with Gasteiger partial charge in [0.1, 0.15) is 18.1 Å². The maximum atomic E-state index is 13.9. The lowest BCUT2D eigenvalue weighted by Crippen LogP contribution is -2.54. The normalized spacial score (nSPS) is 25.1. The number of fused-ring (bicyclic) bond motifs is 1. The van der Waals surface area contributed by atoms with Crippen LogP contribution in [0.4, 0.5) is 5.69 Å². The molecule has 4 unspecified atom stereocenters. The summed E-state index contributed by atoms with van der Waals surface area (Å²) < 4.78 is 0. The van der Waals surface area contributed by atoms with Gasteiger partial charge in [0.25, 0.3) is 5.91 Å². The van der Waals surface area contributed by atoms with Crippen LogP contribution in [-0.4, -0.2) is 101 Å². The number of amides is 4. The molecule has 0 aliphatic carbocycles. The van der Waals surface area contributed by atoms with Crippen molar-refractivity contribution in [3.63, 3.8) is 0 Å². The van der Waals surface area contributed by atoms with Crippen molar-refractivity contribution < 1.29 is 24.0 Å². The van der Waals surface area contributed by atoms with Gasteiger partial charge in [-0.2, -0.15) is 0 Å². The van der Waals surface area contributed by atoms with E-state index in [0.29, 0.717) is 37.9 Å². The lowest BCUT2D eigenvalue weighted by molar-refractivity contribution is -0.147. The van der Waals surface area contributed by atoms with E-state index in [9.17, 15) is 24.0 Å². The third-order valence-electron chi connectivity index (χ3n) is 9.09. The lowest BCUT2D eigenvalue weighted by Gasteiger charge is -2.37. The van der Waals surface area contributed by atoms with E-state index < -0.39 is 24.2 Å². The summed E-state index contributed by atoms with van der Waals surface area (Å²) in [6, 6.07) is 5.05. The Kier molecular flexibility index (Phi) is 8.66. The molecule has 4 aliphatic rings. The molecule has 0 aromatic heterocycles. The first kappa shape index (κ1) is 29.1. The number of carbonyl (C=O) groups is 5. The van der Waals surface area contributed by atoms with Crippen molar-refractivity contribution in [2.45, 2.75) is 89.9 Å². The maximum Gasteiger partial charge on any atom is 0.251 e. The Labute approximate surface area is 242 Å². The number of piperidine rings is 1. The first-order valence-corrected chi connectivity index (χ1v) is 15.2. The van der Waals surface area contributed by atoms with Crippen molar-refractivity contribution in [3.05, 3.63) is 29.8 Å². The second kappa shape index (κ2) is 12.2. The number of nitrogens with one attached hydrogen (secondary N) is 1. The quantitative estimate of drug-likeness (QED) is 0.543. The van der Waals surface area contributed by atoms with E-state index >= 15 is 0 Å². The van der Waals surface area contributed by atoms with Gasteiger partial charge in [-0.05, 0) is 75.1 Å². The van der Waals surface area contributed by atoms with Gasteiger partial charge in [-0.1, -0.05) is 13.8 Å². The summed E-state index contributed by atoms with van der Waals surface area (Å²) in [4.78, 5) is 73.2. The number of rotatable bonds is 7. The Bertz CT molecular complexity index is 1180. The van der Waals surface area contributed by atoms with Crippen LogP contribution in [0.1, 0.15) is 76.1 Å². The van der Waals surface area contributed by atoms with Gasteiger partial charge in [0.05, 0.1) is 12.6 Å². The van der Waals surface area contributed by atoms with Crippen LogP contribution in [-0.2, 0) is 19.2 Å². The Morgan fingerprint density at radius 2 is 1.56 bits per heavy atom. The van der Waals surface area contributed by atoms with Crippen molar-refractivity contribution in [2.75, 3.05) is 37.6 Å². The molecule has 4 fully saturated rings. The zero-order valence-electron chi connectivity index (χ0n) is 24.5. The zero-order chi connectivity index (χ0) is 29.3. The molecule has 10 heteroatoms. The molecule has 1 N–H and O–H groups in total. The average molecular weight is 566 g/mol. The molecule has 4 aliphatic heterocycles. The summed E-state index contributed by atoms with van der Waals surface area (Å²) in [5, 5.41) is 2.95. The molecule has 4 heterocycles. The van der Waals surface area contributed by atoms with Crippen LogP contribution in [0.25, 0.3) is 0 Å². The minimum Gasteiger partial charge on any atom is -0.372 e. The summed E-state index contributed by atoms with van der Waals surface area (Å²) in [7, 11) is 0. The second-order valence-electron chi connectivity index (χ2n) is 12.4. The minimum atomic E-state index is -0.774. The molecule has 5 rings (SSSR count). The summed E-state index contributed by atoms with van der Waals surface area (Å²) >= 11 is 0. The third kappa shape index (κ3) is 5.97. The number of likely N-dealkylation sites (tertiary alicyclic amines) is 3. The van der Waals surface area contributed by atoms with E-state index in [1.54, 1.807) is 26.8 Å². The highest BCUT2D eigenvalue weighted by atomic mass is 16.2.